The monoisotopic (exact) mass is 572 g/mol. The van der Waals surface area contributed by atoms with E-state index in [2.05, 4.69) is 33.0 Å². The third-order valence-electron chi connectivity index (χ3n) is 6.98. The molecule has 0 atom stereocenters. The topological polar surface area (TPSA) is 48.0 Å². The molecular formula is C34H25BrN2O2. The molecule has 1 aromatic heterocycles. The molecule has 6 aromatic rings. The average Bonchev–Trinajstić information content (AvgIpc) is 3.41. The lowest BCUT2D eigenvalue weighted by molar-refractivity contribution is 0.210. The van der Waals surface area contributed by atoms with Crippen LogP contribution in [0.25, 0.3) is 22.6 Å². The fourth-order valence-electron chi connectivity index (χ4n) is 5.21. The predicted molar refractivity (Wildman–Crippen MR) is 159 cm³/mol. The highest BCUT2D eigenvalue weighted by Crippen LogP contribution is 2.41. The first-order valence-electron chi connectivity index (χ1n) is 12.7. The van der Waals surface area contributed by atoms with E-state index < -0.39 is 11.2 Å². The molecule has 0 saturated heterocycles. The number of rotatable bonds is 7. The van der Waals surface area contributed by atoms with Gasteiger partial charge in [0.15, 0.2) is 5.54 Å². The largest absolute Gasteiger partial charge is 0.381 e. The van der Waals surface area contributed by atoms with E-state index in [9.17, 15) is 4.79 Å². The van der Waals surface area contributed by atoms with Crippen molar-refractivity contribution < 1.29 is 4.52 Å². The van der Waals surface area contributed by atoms with Crippen LogP contribution in [0, 0.1) is 0 Å². The SMILES string of the molecule is O=c1nc(-c2cc(CBr)ccc2-c2ccccc2)on1C(c1ccccc1)(c1ccccc1)c1ccccc1. The Morgan fingerprint density at radius 1 is 0.641 bits per heavy atom. The molecular weight excluding hydrogens is 548 g/mol. The molecule has 0 N–H and O–H groups in total. The molecule has 1 heterocycles. The molecule has 0 fully saturated rings. The Morgan fingerprint density at radius 3 is 1.62 bits per heavy atom. The van der Waals surface area contributed by atoms with Crippen LogP contribution in [0.15, 0.2) is 149 Å². The van der Waals surface area contributed by atoms with Crippen LogP contribution in [0.3, 0.4) is 0 Å². The summed E-state index contributed by atoms with van der Waals surface area (Å²) in [5.41, 5.74) is 4.92. The van der Waals surface area contributed by atoms with E-state index >= 15 is 0 Å². The number of nitrogens with zero attached hydrogens (tertiary/aromatic N) is 2. The second-order valence-corrected chi connectivity index (χ2v) is 9.83. The summed E-state index contributed by atoms with van der Waals surface area (Å²) >= 11 is 3.57. The highest BCUT2D eigenvalue weighted by atomic mass is 79.9. The van der Waals surface area contributed by atoms with E-state index in [0.717, 1.165) is 38.9 Å². The summed E-state index contributed by atoms with van der Waals surface area (Å²) in [7, 11) is 0. The normalized spacial score (nSPS) is 11.4. The Kier molecular flexibility index (Phi) is 6.82. The van der Waals surface area contributed by atoms with Crippen LogP contribution in [0.2, 0.25) is 0 Å². The van der Waals surface area contributed by atoms with Gasteiger partial charge in [0.05, 0.1) is 0 Å². The van der Waals surface area contributed by atoms with Crippen molar-refractivity contribution in [2.75, 3.05) is 0 Å². The Bertz CT molecular complexity index is 1650. The van der Waals surface area contributed by atoms with E-state index in [4.69, 9.17) is 4.52 Å². The van der Waals surface area contributed by atoms with Gasteiger partial charge in [-0.1, -0.05) is 149 Å². The molecule has 5 heteroatoms. The molecule has 5 aromatic carbocycles. The number of hydrogen-bond acceptors (Lipinski definition) is 3. The van der Waals surface area contributed by atoms with Gasteiger partial charge in [0.1, 0.15) is 0 Å². The van der Waals surface area contributed by atoms with Gasteiger partial charge < -0.3 is 4.52 Å². The first kappa shape index (κ1) is 24.8. The standard InChI is InChI=1S/C34H25BrN2O2/c35-24-25-21-22-30(26-13-5-1-6-14-26)31(23-25)32-36-33(38)37(39-32)34(27-15-7-2-8-16-27,28-17-9-3-10-18-28)29-19-11-4-12-20-29/h1-23H,24H2. The number of hydrogen-bond donors (Lipinski definition) is 0. The van der Waals surface area contributed by atoms with Gasteiger partial charge in [-0.15, -0.1) is 4.74 Å². The second-order valence-electron chi connectivity index (χ2n) is 9.27. The minimum Gasteiger partial charge on any atom is -0.352 e. The summed E-state index contributed by atoms with van der Waals surface area (Å²) in [4.78, 5) is 18.4. The highest BCUT2D eigenvalue weighted by Gasteiger charge is 2.42. The van der Waals surface area contributed by atoms with Gasteiger partial charge in [-0.25, -0.2) is 4.79 Å². The van der Waals surface area contributed by atoms with Crippen molar-refractivity contribution in [2.24, 2.45) is 0 Å². The van der Waals surface area contributed by atoms with Crippen LogP contribution in [0.1, 0.15) is 22.3 Å². The van der Waals surface area contributed by atoms with Crippen LogP contribution >= 0.6 is 15.9 Å². The van der Waals surface area contributed by atoms with Gasteiger partial charge in [0.2, 0.25) is 0 Å². The van der Waals surface area contributed by atoms with E-state index in [1.165, 1.54) is 4.74 Å². The summed E-state index contributed by atoms with van der Waals surface area (Å²) in [5.74, 6) is 0.272. The second kappa shape index (κ2) is 10.7. The summed E-state index contributed by atoms with van der Waals surface area (Å²) < 4.78 is 8.00. The zero-order chi connectivity index (χ0) is 26.7. The summed E-state index contributed by atoms with van der Waals surface area (Å²) in [6.45, 7) is 0. The van der Waals surface area contributed by atoms with Crippen LogP contribution in [0.4, 0.5) is 0 Å². The zero-order valence-electron chi connectivity index (χ0n) is 21.1. The first-order valence-corrected chi connectivity index (χ1v) is 13.9. The van der Waals surface area contributed by atoms with Crippen molar-refractivity contribution in [3.05, 3.63) is 172 Å². The predicted octanol–water partition coefficient (Wildman–Crippen LogP) is 7.91. The molecule has 0 aliphatic carbocycles. The van der Waals surface area contributed by atoms with Crippen LogP contribution in [-0.4, -0.2) is 9.72 Å². The van der Waals surface area contributed by atoms with Crippen LogP contribution < -0.4 is 5.69 Å². The maximum atomic E-state index is 13.9. The maximum absolute atomic E-state index is 13.9. The van der Waals surface area contributed by atoms with E-state index in [1.807, 2.05) is 127 Å². The Morgan fingerprint density at radius 2 is 1.13 bits per heavy atom. The lowest BCUT2D eigenvalue weighted by Crippen LogP contribution is -2.42. The first-order chi connectivity index (χ1) is 19.2. The average molecular weight is 573 g/mol. The summed E-state index contributed by atoms with van der Waals surface area (Å²) in [6.07, 6.45) is 0. The van der Waals surface area contributed by atoms with Gasteiger partial charge in [-0.05, 0) is 39.4 Å². The third kappa shape index (κ3) is 4.45. The van der Waals surface area contributed by atoms with E-state index in [-0.39, 0.29) is 5.89 Å². The lowest BCUT2D eigenvalue weighted by atomic mass is 9.77. The molecule has 0 amide bonds. The molecule has 39 heavy (non-hydrogen) atoms. The Hall–Kier alpha value is -4.48. The molecule has 0 aliphatic rings. The molecule has 0 radical (unpaired) electrons. The minimum atomic E-state index is -1.08. The van der Waals surface area contributed by atoms with Crippen molar-refractivity contribution in [2.45, 2.75) is 10.9 Å². The molecule has 0 saturated carbocycles. The molecule has 0 aliphatic heterocycles. The molecule has 6 rings (SSSR count). The summed E-state index contributed by atoms with van der Waals surface area (Å²) in [5, 5.41) is 0.669. The molecule has 0 bridgehead atoms. The summed E-state index contributed by atoms with van der Waals surface area (Å²) in [6, 6.07) is 46.1. The van der Waals surface area contributed by atoms with E-state index in [0.29, 0.717) is 5.33 Å². The maximum Gasteiger partial charge on any atom is 0.381 e. The Balaban J connectivity index is 1.67. The van der Waals surface area contributed by atoms with Crippen molar-refractivity contribution in [1.82, 2.24) is 9.72 Å². The van der Waals surface area contributed by atoms with Gasteiger partial charge >= 0.3 is 5.69 Å². The molecule has 0 unspecified atom stereocenters. The quantitative estimate of drug-likeness (QED) is 0.144. The fourth-order valence-corrected chi connectivity index (χ4v) is 5.56. The third-order valence-corrected chi connectivity index (χ3v) is 7.63. The van der Waals surface area contributed by atoms with Crippen molar-refractivity contribution in [3.8, 4) is 22.6 Å². The zero-order valence-corrected chi connectivity index (χ0v) is 22.7. The Labute approximate surface area is 235 Å². The van der Waals surface area contributed by atoms with Gasteiger partial charge in [-0.2, -0.15) is 4.98 Å². The highest BCUT2D eigenvalue weighted by molar-refractivity contribution is 9.08. The van der Waals surface area contributed by atoms with Crippen molar-refractivity contribution in [1.29, 1.82) is 0 Å². The van der Waals surface area contributed by atoms with Gasteiger partial charge in [0, 0.05) is 10.9 Å². The number of benzene rings is 5. The fraction of sp³-hybridized carbons (Fsp3) is 0.0588. The number of aromatic nitrogens is 2. The minimum absolute atomic E-state index is 0.272. The van der Waals surface area contributed by atoms with Crippen molar-refractivity contribution in [3.63, 3.8) is 0 Å². The molecule has 190 valence electrons. The number of alkyl halides is 1. The van der Waals surface area contributed by atoms with Crippen molar-refractivity contribution >= 4 is 15.9 Å². The molecule has 0 spiro atoms. The lowest BCUT2D eigenvalue weighted by Gasteiger charge is -2.34. The van der Waals surface area contributed by atoms with Crippen LogP contribution in [-0.2, 0) is 10.9 Å². The van der Waals surface area contributed by atoms with E-state index in [1.54, 1.807) is 0 Å². The van der Waals surface area contributed by atoms with Gasteiger partial charge in [0.25, 0.3) is 5.89 Å². The number of halogens is 1. The smallest absolute Gasteiger partial charge is 0.352 e. The van der Waals surface area contributed by atoms with Crippen LogP contribution in [0.5, 0.6) is 0 Å². The van der Waals surface area contributed by atoms with Gasteiger partial charge in [-0.3, -0.25) is 0 Å². The molecule has 4 nitrogen and oxygen atoms in total.